The lowest BCUT2D eigenvalue weighted by molar-refractivity contribution is 0.560. The predicted octanol–water partition coefficient (Wildman–Crippen LogP) is 3.43. The molecule has 1 aromatic carbocycles. The Kier molecular flexibility index (Phi) is 3.17. The third kappa shape index (κ3) is 2.45. The number of nitrogens with zero attached hydrogens (tertiary/aromatic N) is 7. The van der Waals surface area contributed by atoms with E-state index in [1.165, 1.54) is 12.8 Å². The van der Waals surface area contributed by atoms with Crippen LogP contribution < -0.4 is 4.90 Å². The summed E-state index contributed by atoms with van der Waals surface area (Å²) >= 11 is 6.62. The second kappa shape index (κ2) is 5.60. The topological polar surface area (TPSA) is 56.7 Å². The Morgan fingerprint density at radius 2 is 2.00 bits per heavy atom. The number of halogens is 1. The summed E-state index contributed by atoms with van der Waals surface area (Å²) in [6.45, 7) is 2.57. The lowest BCUT2D eigenvalue weighted by Gasteiger charge is -2.30. The third-order valence-electron chi connectivity index (χ3n) is 5.48. The first kappa shape index (κ1) is 15.3. The van der Waals surface area contributed by atoms with Crippen molar-refractivity contribution >= 4 is 28.2 Å². The van der Waals surface area contributed by atoms with Crippen LogP contribution >= 0.6 is 11.6 Å². The molecule has 1 aliphatic carbocycles. The number of rotatable bonds is 3. The van der Waals surface area contributed by atoms with Gasteiger partial charge in [-0.3, -0.25) is 4.68 Å². The zero-order chi connectivity index (χ0) is 18.0. The van der Waals surface area contributed by atoms with E-state index in [1.807, 2.05) is 40.2 Å². The number of imidazole rings is 1. The molecule has 0 amide bonds. The fraction of sp³-hybridized carbons (Fsp3) is 0.316. The molecule has 4 heterocycles. The van der Waals surface area contributed by atoms with E-state index in [-0.39, 0.29) is 0 Å². The van der Waals surface area contributed by atoms with Gasteiger partial charge in [0.15, 0.2) is 0 Å². The number of aromatic nitrogens is 6. The van der Waals surface area contributed by atoms with Gasteiger partial charge in [0, 0.05) is 30.9 Å². The van der Waals surface area contributed by atoms with Gasteiger partial charge in [-0.2, -0.15) is 10.2 Å². The van der Waals surface area contributed by atoms with E-state index >= 15 is 0 Å². The molecule has 27 heavy (non-hydrogen) atoms. The SMILES string of the molecule is Clc1cc2cnn(-c3cnn(C4CC4)c3)c2cc1N1CCn2ccnc2C1. The number of fused-ring (bicyclic) bond motifs is 2. The minimum Gasteiger partial charge on any atom is -0.361 e. The molecule has 0 radical (unpaired) electrons. The average molecular weight is 380 g/mol. The van der Waals surface area contributed by atoms with Gasteiger partial charge in [0.05, 0.1) is 47.4 Å². The molecule has 1 fully saturated rings. The van der Waals surface area contributed by atoms with Crippen molar-refractivity contribution in [1.82, 2.24) is 29.1 Å². The van der Waals surface area contributed by atoms with Crippen molar-refractivity contribution in [3.05, 3.63) is 54.0 Å². The molecule has 0 saturated heterocycles. The summed E-state index contributed by atoms with van der Waals surface area (Å²) in [7, 11) is 0. The van der Waals surface area contributed by atoms with E-state index in [9.17, 15) is 0 Å². The lowest BCUT2D eigenvalue weighted by Crippen LogP contribution is -2.33. The van der Waals surface area contributed by atoms with Crippen LogP contribution in [0.3, 0.4) is 0 Å². The molecule has 3 aromatic heterocycles. The minimum absolute atomic E-state index is 0.558. The van der Waals surface area contributed by atoms with Gasteiger partial charge in [-0.1, -0.05) is 11.6 Å². The Morgan fingerprint density at radius 1 is 1.07 bits per heavy atom. The zero-order valence-electron chi connectivity index (χ0n) is 14.7. The first-order valence-electron chi connectivity index (χ1n) is 9.23. The quantitative estimate of drug-likeness (QED) is 0.547. The van der Waals surface area contributed by atoms with E-state index in [4.69, 9.17) is 11.6 Å². The minimum atomic E-state index is 0.558. The third-order valence-corrected chi connectivity index (χ3v) is 5.78. The van der Waals surface area contributed by atoms with Gasteiger partial charge in [0.2, 0.25) is 0 Å². The highest BCUT2D eigenvalue weighted by atomic mass is 35.5. The van der Waals surface area contributed by atoms with Gasteiger partial charge in [-0.25, -0.2) is 9.67 Å². The zero-order valence-corrected chi connectivity index (χ0v) is 15.4. The van der Waals surface area contributed by atoms with Gasteiger partial charge in [-0.05, 0) is 25.0 Å². The van der Waals surface area contributed by atoms with Crippen molar-refractivity contribution in [3.8, 4) is 5.69 Å². The maximum absolute atomic E-state index is 6.62. The van der Waals surface area contributed by atoms with Gasteiger partial charge in [0.1, 0.15) is 11.5 Å². The molecule has 0 unspecified atom stereocenters. The molecule has 4 aromatic rings. The van der Waals surface area contributed by atoms with Crippen LogP contribution in [0.15, 0.2) is 43.1 Å². The van der Waals surface area contributed by atoms with Crippen molar-refractivity contribution in [2.45, 2.75) is 32.0 Å². The molecule has 2 aliphatic rings. The summed E-state index contributed by atoms with van der Waals surface area (Å²) in [5.74, 6) is 1.07. The molecule has 1 aliphatic heterocycles. The maximum atomic E-state index is 6.62. The Morgan fingerprint density at radius 3 is 2.89 bits per heavy atom. The summed E-state index contributed by atoms with van der Waals surface area (Å²) in [6, 6.07) is 4.70. The number of anilines is 1. The molecule has 0 atom stereocenters. The second-order valence-corrected chi connectivity index (χ2v) is 7.69. The fourth-order valence-corrected chi connectivity index (χ4v) is 4.13. The molecule has 8 heteroatoms. The van der Waals surface area contributed by atoms with Gasteiger partial charge in [-0.15, -0.1) is 0 Å². The number of hydrogen-bond donors (Lipinski definition) is 0. The molecule has 6 rings (SSSR count). The van der Waals surface area contributed by atoms with Crippen LogP contribution in [0.25, 0.3) is 16.6 Å². The highest BCUT2D eigenvalue weighted by molar-refractivity contribution is 6.34. The maximum Gasteiger partial charge on any atom is 0.128 e. The van der Waals surface area contributed by atoms with Crippen LogP contribution in [-0.2, 0) is 13.1 Å². The predicted molar refractivity (Wildman–Crippen MR) is 103 cm³/mol. The number of hydrogen-bond acceptors (Lipinski definition) is 4. The Hall–Kier alpha value is -2.80. The summed E-state index contributed by atoms with van der Waals surface area (Å²) < 4.78 is 6.19. The van der Waals surface area contributed by atoms with Crippen LogP contribution in [0.5, 0.6) is 0 Å². The van der Waals surface area contributed by atoms with Gasteiger partial charge in [0.25, 0.3) is 0 Å². The average Bonchev–Trinajstić information content (AvgIpc) is 3.08. The monoisotopic (exact) mass is 379 g/mol. The largest absolute Gasteiger partial charge is 0.361 e. The molecule has 0 N–H and O–H groups in total. The summed E-state index contributed by atoms with van der Waals surface area (Å²) in [6.07, 6.45) is 12.1. The lowest BCUT2D eigenvalue weighted by atomic mass is 10.2. The first-order chi connectivity index (χ1) is 13.3. The standard InChI is InChI=1S/C19H18ClN7/c20-16-7-13-9-23-27(15-10-22-26(11-15)14-1-2-14)17(13)8-18(16)25-6-5-24-4-3-21-19(24)12-25/h3-4,7-11,14H,1-2,5-6,12H2. The molecule has 1 saturated carbocycles. The van der Waals surface area contributed by atoms with Crippen LogP contribution in [0, 0.1) is 0 Å². The smallest absolute Gasteiger partial charge is 0.128 e. The molecule has 7 nitrogen and oxygen atoms in total. The summed E-state index contributed by atoms with van der Waals surface area (Å²) in [5.41, 5.74) is 3.05. The fourth-order valence-electron chi connectivity index (χ4n) is 3.84. The van der Waals surface area contributed by atoms with Crippen molar-refractivity contribution in [2.75, 3.05) is 11.4 Å². The molecular weight excluding hydrogens is 362 g/mol. The van der Waals surface area contributed by atoms with E-state index in [1.54, 1.807) is 0 Å². The van der Waals surface area contributed by atoms with Crippen molar-refractivity contribution < 1.29 is 0 Å². The van der Waals surface area contributed by atoms with Crippen LogP contribution in [-0.4, -0.2) is 35.7 Å². The van der Waals surface area contributed by atoms with E-state index < -0.39 is 0 Å². The van der Waals surface area contributed by atoms with E-state index in [0.29, 0.717) is 6.04 Å². The van der Waals surface area contributed by atoms with E-state index in [0.717, 1.165) is 52.8 Å². The van der Waals surface area contributed by atoms with Crippen molar-refractivity contribution in [2.24, 2.45) is 0 Å². The summed E-state index contributed by atoms with van der Waals surface area (Å²) in [5, 5.41) is 10.9. The van der Waals surface area contributed by atoms with Gasteiger partial charge >= 0.3 is 0 Å². The number of benzene rings is 1. The molecule has 136 valence electrons. The molecule has 0 bridgehead atoms. The molecule has 0 spiro atoms. The Bertz CT molecular complexity index is 1150. The second-order valence-electron chi connectivity index (χ2n) is 7.29. The van der Waals surface area contributed by atoms with Crippen LogP contribution in [0.1, 0.15) is 24.7 Å². The highest BCUT2D eigenvalue weighted by Gasteiger charge is 2.25. The van der Waals surface area contributed by atoms with Gasteiger partial charge < -0.3 is 9.47 Å². The van der Waals surface area contributed by atoms with Crippen molar-refractivity contribution in [1.29, 1.82) is 0 Å². The highest BCUT2D eigenvalue weighted by Crippen LogP contribution is 2.36. The molecular formula is C19H18ClN7. The first-order valence-corrected chi connectivity index (χ1v) is 9.61. The normalized spacial score (nSPS) is 16.9. The van der Waals surface area contributed by atoms with Crippen molar-refractivity contribution in [3.63, 3.8) is 0 Å². The van der Waals surface area contributed by atoms with E-state index in [2.05, 4.69) is 36.9 Å². The van der Waals surface area contributed by atoms with Crippen LogP contribution in [0.2, 0.25) is 5.02 Å². The van der Waals surface area contributed by atoms with Crippen LogP contribution in [0.4, 0.5) is 5.69 Å². The summed E-state index contributed by atoms with van der Waals surface area (Å²) in [4.78, 5) is 6.74. The Balaban J connectivity index is 1.42. The Labute approximate surface area is 160 Å².